The number of carbonyl (C=O) groups is 8. The molecule has 412 valence electrons. The number of benzene rings is 2. The number of ketones is 1. The topological polar surface area (TPSA) is 215 Å². The number of nitrogens with zero attached hydrogens (tertiary/aromatic N) is 2. The molecule has 16 heteroatoms. The van der Waals surface area contributed by atoms with Crippen molar-refractivity contribution in [2.24, 2.45) is 22.7 Å². The van der Waals surface area contributed by atoms with Gasteiger partial charge in [-0.3, -0.25) is 38.4 Å². The number of fused-ring (bicyclic) bond motifs is 2. The molecule has 0 radical (unpaired) electrons. The van der Waals surface area contributed by atoms with Crippen LogP contribution in [0.15, 0.2) is 48.5 Å². The van der Waals surface area contributed by atoms with Gasteiger partial charge in [-0.25, -0.2) is 0 Å². The lowest BCUT2D eigenvalue weighted by Crippen LogP contribution is -2.58. The van der Waals surface area contributed by atoms with Gasteiger partial charge in [0.25, 0.3) is 0 Å². The molecule has 2 saturated heterocycles. The lowest BCUT2D eigenvalue weighted by molar-refractivity contribution is -0.146. The zero-order valence-corrected chi connectivity index (χ0v) is 46.6. The van der Waals surface area contributed by atoms with E-state index in [0.717, 1.165) is 49.7 Å². The summed E-state index contributed by atoms with van der Waals surface area (Å²) in [5, 5.41) is 18.6. The van der Waals surface area contributed by atoms with E-state index < -0.39 is 53.0 Å². The van der Waals surface area contributed by atoms with Crippen LogP contribution in [0.2, 0.25) is 0 Å². The van der Waals surface area contributed by atoms with Crippen LogP contribution in [0, 0.1) is 22.7 Å². The maximum atomic E-state index is 14.6. The van der Waals surface area contributed by atoms with Gasteiger partial charge >= 0.3 is 0 Å². The summed E-state index contributed by atoms with van der Waals surface area (Å²) in [7, 11) is 1.71. The summed E-state index contributed by atoms with van der Waals surface area (Å²) < 4.78 is 0. The van der Waals surface area contributed by atoms with Crippen LogP contribution < -0.4 is 31.9 Å². The van der Waals surface area contributed by atoms with Crippen molar-refractivity contribution in [1.82, 2.24) is 41.7 Å². The molecule has 2 fully saturated rings. The van der Waals surface area contributed by atoms with E-state index in [-0.39, 0.29) is 110 Å². The Hall–Kier alpha value is -5.64. The monoisotopic (exact) mass is 1040 g/mol. The summed E-state index contributed by atoms with van der Waals surface area (Å²) in [6.45, 7) is 17.2. The fourth-order valence-electron chi connectivity index (χ4n) is 11.3. The molecule has 6 N–H and O–H groups in total. The van der Waals surface area contributed by atoms with Crippen molar-refractivity contribution >= 4 is 47.1 Å². The maximum absolute atomic E-state index is 14.6. The van der Waals surface area contributed by atoms with Crippen molar-refractivity contribution < 1.29 is 38.4 Å². The van der Waals surface area contributed by atoms with Gasteiger partial charge in [0, 0.05) is 56.3 Å². The molecule has 2 aromatic rings. The van der Waals surface area contributed by atoms with Crippen LogP contribution in [0.4, 0.5) is 0 Å². The first-order chi connectivity index (χ1) is 35.5. The Labute approximate surface area is 446 Å². The largest absolute Gasteiger partial charge is 0.351 e. The van der Waals surface area contributed by atoms with Gasteiger partial charge in [-0.05, 0) is 118 Å². The third-order valence-corrected chi connectivity index (χ3v) is 16.3. The Morgan fingerprint density at radius 1 is 0.627 bits per heavy atom. The van der Waals surface area contributed by atoms with E-state index in [9.17, 15) is 38.4 Å². The molecule has 75 heavy (non-hydrogen) atoms. The first-order valence-electron chi connectivity index (χ1n) is 28.0. The second-order valence-electron chi connectivity index (χ2n) is 24.1. The van der Waals surface area contributed by atoms with E-state index in [1.165, 1.54) is 11.1 Å². The molecular formula is C59H88N8O8. The van der Waals surface area contributed by atoms with E-state index in [2.05, 4.69) is 44.0 Å². The van der Waals surface area contributed by atoms with Crippen LogP contribution in [0.5, 0.6) is 0 Å². The summed E-state index contributed by atoms with van der Waals surface area (Å²) >= 11 is 0. The molecule has 4 aliphatic rings. The molecule has 2 aliphatic heterocycles. The van der Waals surface area contributed by atoms with Crippen LogP contribution in [-0.2, 0) is 51.2 Å². The molecule has 0 aromatic heterocycles. The molecular weight excluding hydrogens is 949 g/mol. The van der Waals surface area contributed by atoms with E-state index >= 15 is 0 Å². The maximum Gasteiger partial charge on any atom is 0.246 e. The minimum Gasteiger partial charge on any atom is -0.351 e. The first kappa shape index (κ1) is 58.6. The quantitative estimate of drug-likeness (QED) is 0.0773. The molecule has 2 aromatic carbocycles. The van der Waals surface area contributed by atoms with Crippen molar-refractivity contribution in [3.8, 4) is 0 Å². The highest BCUT2D eigenvalue weighted by atomic mass is 16.2. The Kier molecular flexibility index (Phi) is 20.3. The van der Waals surface area contributed by atoms with Gasteiger partial charge in [-0.2, -0.15) is 0 Å². The lowest BCUT2D eigenvalue weighted by atomic mass is 9.76. The predicted octanol–water partition coefficient (Wildman–Crippen LogP) is 6.30. The first-order valence-corrected chi connectivity index (χ1v) is 28.0. The molecule has 10 atom stereocenters. The van der Waals surface area contributed by atoms with Crippen molar-refractivity contribution in [3.05, 3.63) is 70.8 Å². The number of likely N-dealkylation sites (tertiary alicyclic amines) is 2. The van der Waals surface area contributed by atoms with Gasteiger partial charge in [0.2, 0.25) is 41.4 Å². The Morgan fingerprint density at radius 2 is 1.09 bits per heavy atom. The van der Waals surface area contributed by atoms with Crippen LogP contribution in [0.3, 0.4) is 0 Å². The molecule has 2 unspecified atom stereocenters. The molecule has 0 spiro atoms. The fourth-order valence-corrected chi connectivity index (χ4v) is 11.3. The third-order valence-electron chi connectivity index (χ3n) is 16.3. The zero-order valence-electron chi connectivity index (χ0n) is 46.6. The number of amides is 7. The Morgan fingerprint density at radius 3 is 1.53 bits per heavy atom. The normalized spacial score (nSPS) is 23.1. The number of rotatable bonds is 21. The number of unbranched alkanes of at least 4 members (excludes halogenated alkanes) is 2. The second-order valence-corrected chi connectivity index (χ2v) is 24.1. The number of hydrogen-bond acceptors (Lipinski definition) is 9. The SMILES string of the molecule is CC[C@@H](C)C(=O)N[C@H](C(=O)N1CC(NC(=O)CCCCCC(=O)N[C@H]2C[C@@H](C(=O)N[C@@H]3CCCc4ccccc43)N(C(=O)[C@@H](CC(=O)[C@H](C)NC)C(C)(C)C)C2)C[C@H]1C(=O)NC1CCCc2ccccc21)C(C)(C)C. The standard InChI is InChI=1S/C59H88N8O8/c1-11-36(2)53(71)65-52(59(7,8)9)57(75)67-35-41(32-48(67)55(73)64-46-28-20-24-39-22-16-18-26-43(39)46)62-51(70)30-14-12-13-29-50(69)61-40-31-47(54(72)63-45-27-19-23-38-21-15-17-25-42(38)45)66(34-40)56(74)44(58(4,5)6)33-49(68)37(3)60-10/h15-18,21-22,25-26,36-37,40-41,44-48,52,60H,11-14,19-20,23-24,27-35H2,1-10H3,(H,61,69)(H,62,70)(H,63,72)(H,64,73)(H,65,71)/t36-,37+,40+,41?,44-,45-,46?,47+,48+,52-/m1/s1. The summed E-state index contributed by atoms with van der Waals surface area (Å²) in [5.41, 5.74) is 3.30. The average Bonchev–Trinajstić information content (AvgIpc) is 4.00. The zero-order chi connectivity index (χ0) is 54.8. The number of hydrogen-bond donors (Lipinski definition) is 6. The van der Waals surface area contributed by atoms with E-state index in [1.54, 1.807) is 23.8 Å². The highest BCUT2D eigenvalue weighted by molar-refractivity contribution is 5.95. The summed E-state index contributed by atoms with van der Waals surface area (Å²) in [5.74, 6) is -2.94. The van der Waals surface area contributed by atoms with Crippen molar-refractivity contribution in [2.45, 2.75) is 207 Å². The predicted molar refractivity (Wildman–Crippen MR) is 290 cm³/mol. The van der Waals surface area contributed by atoms with Crippen molar-refractivity contribution in [3.63, 3.8) is 0 Å². The van der Waals surface area contributed by atoms with E-state index in [1.807, 2.05) is 91.8 Å². The number of carbonyl (C=O) groups excluding carboxylic acids is 8. The van der Waals surface area contributed by atoms with Gasteiger partial charge in [-0.15, -0.1) is 0 Å². The van der Waals surface area contributed by atoms with Crippen molar-refractivity contribution in [2.75, 3.05) is 20.1 Å². The molecule has 16 nitrogen and oxygen atoms in total. The summed E-state index contributed by atoms with van der Waals surface area (Å²) in [6, 6.07) is 11.8. The summed E-state index contributed by atoms with van der Waals surface area (Å²) in [6.07, 6.45) is 8.33. The number of likely N-dealkylation sites (N-methyl/N-ethyl adjacent to an activating group) is 1. The molecule has 2 heterocycles. The number of Topliss-reactive ketones (excluding diaryl/α,β-unsaturated/α-hetero) is 1. The molecule has 7 amide bonds. The molecule has 2 aliphatic carbocycles. The molecule has 0 bridgehead atoms. The second kappa shape index (κ2) is 25.9. The minimum absolute atomic E-state index is 0.0181. The van der Waals surface area contributed by atoms with Crippen LogP contribution in [0.1, 0.15) is 180 Å². The van der Waals surface area contributed by atoms with Gasteiger partial charge in [-0.1, -0.05) is 110 Å². The van der Waals surface area contributed by atoms with Gasteiger partial charge < -0.3 is 41.7 Å². The van der Waals surface area contributed by atoms with Crippen molar-refractivity contribution in [1.29, 1.82) is 0 Å². The van der Waals surface area contributed by atoms with E-state index in [0.29, 0.717) is 25.7 Å². The number of nitrogens with one attached hydrogen (secondary N) is 6. The summed E-state index contributed by atoms with van der Waals surface area (Å²) in [4.78, 5) is 114. The highest BCUT2D eigenvalue weighted by Gasteiger charge is 2.48. The lowest BCUT2D eigenvalue weighted by Gasteiger charge is -2.36. The highest BCUT2D eigenvalue weighted by Crippen LogP contribution is 2.36. The Bertz CT molecular complexity index is 2210. The fraction of sp³-hybridized carbons (Fsp3) is 0.661. The smallest absolute Gasteiger partial charge is 0.246 e. The van der Waals surface area contributed by atoms with Crippen LogP contribution in [0.25, 0.3) is 0 Å². The third kappa shape index (κ3) is 15.3. The van der Waals surface area contributed by atoms with Crippen LogP contribution in [-0.4, -0.2) is 113 Å². The van der Waals surface area contributed by atoms with Crippen LogP contribution >= 0.6 is 0 Å². The Balaban J connectivity index is 1.05. The van der Waals surface area contributed by atoms with Gasteiger partial charge in [0.1, 0.15) is 23.9 Å². The van der Waals surface area contributed by atoms with E-state index in [4.69, 9.17) is 0 Å². The molecule has 0 saturated carbocycles. The van der Waals surface area contributed by atoms with Gasteiger partial charge in [0.05, 0.1) is 18.1 Å². The minimum atomic E-state index is -0.896. The average molecular weight is 1040 g/mol. The number of aryl methyl sites for hydroxylation is 2. The molecule has 6 rings (SSSR count). The van der Waals surface area contributed by atoms with Gasteiger partial charge in [0.15, 0.2) is 0 Å².